The van der Waals surface area contributed by atoms with E-state index in [-0.39, 0.29) is 6.04 Å². The average molecular weight is 362 g/mol. The van der Waals surface area contributed by atoms with E-state index in [4.69, 9.17) is 16.3 Å². The first-order valence-electron chi connectivity index (χ1n) is 9.18. The number of nitrogens with zero attached hydrogens (tertiary/aromatic N) is 5. The van der Waals surface area contributed by atoms with Crippen LogP contribution in [0.5, 0.6) is 0 Å². The highest BCUT2D eigenvalue weighted by Gasteiger charge is 2.31. The number of hydrogen-bond donors (Lipinski definition) is 0. The normalized spacial score (nSPS) is 21.3. The van der Waals surface area contributed by atoms with E-state index >= 15 is 0 Å². The molecule has 1 saturated carbocycles. The molecule has 0 spiro atoms. The predicted octanol–water partition coefficient (Wildman–Crippen LogP) is 3.25. The van der Waals surface area contributed by atoms with Crippen molar-refractivity contribution in [2.24, 2.45) is 0 Å². The van der Waals surface area contributed by atoms with Crippen molar-refractivity contribution in [3.63, 3.8) is 0 Å². The van der Waals surface area contributed by atoms with Gasteiger partial charge >= 0.3 is 0 Å². The van der Waals surface area contributed by atoms with Crippen molar-refractivity contribution < 1.29 is 4.74 Å². The van der Waals surface area contributed by atoms with E-state index in [1.165, 1.54) is 24.8 Å². The summed E-state index contributed by atoms with van der Waals surface area (Å²) in [6.07, 6.45) is 6.15. The van der Waals surface area contributed by atoms with Crippen molar-refractivity contribution in [3.8, 4) is 0 Å². The summed E-state index contributed by atoms with van der Waals surface area (Å²) >= 11 is 6.10. The second kappa shape index (κ2) is 7.81. The smallest absolute Gasteiger partial charge is 0.173 e. The molecule has 0 N–H and O–H groups in total. The van der Waals surface area contributed by atoms with Gasteiger partial charge in [-0.25, -0.2) is 4.68 Å². The number of ether oxygens (including phenoxy) is 1. The number of hydrogen-bond acceptors (Lipinski definition) is 5. The second-order valence-electron chi connectivity index (χ2n) is 6.88. The van der Waals surface area contributed by atoms with Crippen LogP contribution in [-0.2, 0) is 4.74 Å². The molecule has 0 unspecified atom stereocenters. The van der Waals surface area contributed by atoms with Crippen molar-refractivity contribution in [1.29, 1.82) is 0 Å². The Morgan fingerprint density at radius 1 is 1.04 bits per heavy atom. The Labute approximate surface area is 153 Å². The van der Waals surface area contributed by atoms with Crippen LogP contribution in [0.25, 0.3) is 0 Å². The molecule has 1 atom stereocenters. The Morgan fingerprint density at radius 3 is 2.48 bits per heavy atom. The van der Waals surface area contributed by atoms with Gasteiger partial charge in [0, 0.05) is 18.1 Å². The first-order valence-corrected chi connectivity index (χ1v) is 9.56. The summed E-state index contributed by atoms with van der Waals surface area (Å²) in [6.45, 7) is 3.25. The van der Waals surface area contributed by atoms with Gasteiger partial charge in [-0.1, -0.05) is 43.0 Å². The van der Waals surface area contributed by atoms with Crippen LogP contribution < -0.4 is 0 Å². The highest BCUT2D eigenvalue weighted by atomic mass is 35.5. The fourth-order valence-electron chi connectivity index (χ4n) is 3.97. The summed E-state index contributed by atoms with van der Waals surface area (Å²) < 4.78 is 7.62. The van der Waals surface area contributed by atoms with Crippen molar-refractivity contribution in [2.45, 2.75) is 44.2 Å². The zero-order chi connectivity index (χ0) is 17.1. The molecule has 0 bridgehead atoms. The highest BCUT2D eigenvalue weighted by Crippen LogP contribution is 2.33. The van der Waals surface area contributed by atoms with Gasteiger partial charge in [-0.2, -0.15) is 0 Å². The maximum Gasteiger partial charge on any atom is 0.173 e. The van der Waals surface area contributed by atoms with E-state index in [9.17, 15) is 0 Å². The lowest BCUT2D eigenvalue weighted by atomic mass is 9.95. The van der Waals surface area contributed by atoms with Gasteiger partial charge in [0.05, 0.1) is 25.3 Å². The van der Waals surface area contributed by atoms with Gasteiger partial charge in [-0.15, -0.1) is 5.10 Å². The van der Waals surface area contributed by atoms with Crippen molar-refractivity contribution in [3.05, 3.63) is 40.7 Å². The third-order valence-corrected chi connectivity index (χ3v) is 5.53. The molecule has 7 heteroatoms. The predicted molar refractivity (Wildman–Crippen MR) is 95.6 cm³/mol. The Morgan fingerprint density at radius 2 is 1.76 bits per heavy atom. The van der Waals surface area contributed by atoms with Gasteiger partial charge in [-0.05, 0) is 41.0 Å². The minimum atomic E-state index is 0.0399. The van der Waals surface area contributed by atoms with Crippen molar-refractivity contribution in [2.75, 3.05) is 26.3 Å². The minimum absolute atomic E-state index is 0.0399. The van der Waals surface area contributed by atoms with Crippen LogP contribution in [-0.4, -0.2) is 51.4 Å². The van der Waals surface area contributed by atoms with Gasteiger partial charge in [0.25, 0.3) is 0 Å². The number of tetrazole rings is 1. The van der Waals surface area contributed by atoms with Gasteiger partial charge in [0.2, 0.25) is 0 Å². The molecule has 4 rings (SSSR count). The Hall–Kier alpha value is -1.50. The molecule has 2 aliphatic rings. The van der Waals surface area contributed by atoms with Crippen LogP contribution in [0.3, 0.4) is 0 Å². The Kier molecular flexibility index (Phi) is 5.29. The van der Waals surface area contributed by atoms with Crippen molar-refractivity contribution >= 4 is 11.6 Å². The van der Waals surface area contributed by atoms with E-state index in [1.54, 1.807) is 0 Å². The van der Waals surface area contributed by atoms with Crippen LogP contribution in [0.1, 0.15) is 55.6 Å². The van der Waals surface area contributed by atoms with E-state index in [1.807, 2.05) is 12.1 Å². The quantitative estimate of drug-likeness (QED) is 0.836. The third kappa shape index (κ3) is 3.71. The number of halogens is 1. The number of rotatable bonds is 4. The van der Waals surface area contributed by atoms with E-state index in [2.05, 4.69) is 37.2 Å². The topological polar surface area (TPSA) is 56.1 Å². The van der Waals surface area contributed by atoms with E-state index in [0.717, 1.165) is 50.0 Å². The Bertz CT molecular complexity index is 677. The lowest BCUT2D eigenvalue weighted by Gasteiger charge is -2.35. The molecule has 2 heterocycles. The lowest BCUT2D eigenvalue weighted by molar-refractivity contribution is 0.0211. The van der Waals surface area contributed by atoms with Crippen LogP contribution >= 0.6 is 11.6 Å². The summed E-state index contributed by atoms with van der Waals surface area (Å²) in [6, 6.07) is 8.51. The monoisotopic (exact) mass is 361 g/mol. The molecule has 0 radical (unpaired) electrons. The van der Waals surface area contributed by atoms with E-state index < -0.39 is 0 Å². The zero-order valence-electron chi connectivity index (χ0n) is 14.4. The molecule has 1 aliphatic heterocycles. The number of aromatic nitrogens is 4. The fourth-order valence-corrected chi connectivity index (χ4v) is 4.10. The molecule has 0 amide bonds. The average Bonchev–Trinajstić information content (AvgIpc) is 3.14. The molecule has 6 nitrogen and oxygen atoms in total. The lowest BCUT2D eigenvalue weighted by Crippen LogP contribution is -2.41. The number of morpholine rings is 1. The first kappa shape index (κ1) is 16.9. The molecule has 1 saturated heterocycles. The maximum atomic E-state index is 6.10. The summed E-state index contributed by atoms with van der Waals surface area (Å²) in [7, 11) is 0. The summed E-state index contributed by atoms with van der Waals surface area (Å²) in [4.78, 5) is 2.41. The van der Waals surface area contributed by atoms with Gasteiger partial charge in [0.1, 0.15) is 0 Å². The highest BCUT2D eigenvalue weighted by molar-refractivity contribution is 6.30. The second-order valence-corrected chi connectivity index (χ2v) is 7.31. The molecular formula is C18H24ClN5O. The van der Waals surface area contributed by atoms with Crippen LogP contribution in [0.15, 0.2) is 24.3 Å². The van der Waals surface area contributed by atoms with E-state index in [0.29, 0.717) is 6.04 Å². The molecule has 25 heavy (non-hydrogen) atoms. The number of benzene rings is 1. The molecule has 2 fully saturated rings. The molecule has 1 aliphatic carbocycles. The molecule has 1 aromatic heterocycles. The molecule has 1 aromatic carbocycles. The SMILES string of the molecule is Clc1ccc([C@@H](c2nnnn2C2CCCCC2)N2CCOCC2)cc1. The first-order chi connectivity index (χ1) is 12.3. The third-order valence-electron chi connectivity index (χ3n) is 5.28. The molecule has 2 aromatic rings. The van der Waals surface area contributed by atoms with Gasteiger partial charge < -0.3 is 4.74 Å². The van der Waals surface area contributed by atoms with Gasteiger partial charge in [0.15, 0.2) is 5.82 Å². The Balaban J connectivity index is 1.70. The summed E-state index contributed by atoms with van der Waals surface area (Å²) in [5, 5.41) is 13.6. The molecular weight excluding hydrogens is 338 g/mol. The molecule has 134 valence electrons. The largest absolute Gasteiger partial charge is 0.379 e. The minimum Gasteiger partial charge on any atom is -0.379 e. The summed E-state index contributed by atoms with van der Waals surface area (Å²) in [5.74, 6) is 0.941. The fraction of sp³-hybridized carbons (Fsp3) is 0.611. The van der Waals surface area contributed by atoms with Crippen LogP contribution in [0.2, 0.25) is 5.02 Å². The summed E-state index contributed by atoms with van der Waals surface area (Å²) in [5.41, 5.74) is 1.18. The zero-order valence-corrected chi connectivity index (χ0v) is 15.1. The van der Waals surface area contributed by atoms with Gasteiger partial charge in [-0.3, -0.25) is 4.90 Å². The maximum absolute atomic E-state index is 6.10. The van der Waals surface area contributed by atoms with Crippen molar-refractivity contribution in [1.82, 2.24) is 25.1 Å². The standard InChI is InChI=1S/C18H24ClN5O/c19-15-8-6-14(7-9-15)17(23-10-12-25-13-11-23)18-20-21-22-24(18)16-4-2-1-3-5-16/h6-9,16-17H,1-5,10-13H2/t17-/m0/s1. The van der Waals surface area contributed by atoms with Crippen LogP contribution in [0.4, 0.5) is 0 Å². The van der Waals surface area contributed by atoms with Crippen LogP contribution in [0, 0.1) is 0 Å².